The van der Waals surface area contributed by atoms with E-state index in [1.807, 2.05) is 0 Å². The topological polar surface area (TPSA) is 134 Å². The number of ether oxygens (including phenoxy) is 2. The lowest BCUT2D eigenvalue weighted by molar-refractivity contribution is -0.385. The van der Waals surface area contributed by atoms with Gasteiger partial charge in [0, 0.05) is 11.6 Å². The molecule has 1 amide bonds. The van der Waals surface area contributed by atoms with Crippen LogP contribution in [-0.4, -0.2) is 29.0 Å². The van der Waals surface area contributed by atoms with Gasteiger partial charge in [0.2, 0.25) is 0 Å². The van der Waals surface area contributed by atoms with Gasteiger partial charge >= 0.3 is 0 Å². The van der Waals surface area contributed by atoms with Crippen LogP contribution in [0.25, 0.3) is 0 Å². The second-order valence-corrected chi connectivity index (χ2v) is 5.59. The van der Waals surface area contributed by atoms with Crippen molar-refractivity contribution < 1.29 is 24.1 Å². The number of nitrogens with one attached hydrogen (secondary N) is 1. The van der Waals surface area contributed by atoms with Crippen molar-refractivity contribution in [1.82, 2.24) is 0 Å². The predicted molar refractivity (Wildman–Crippen MR) is 96.2 cm³/mol. The minimum Gasteiger partial charge on any atom is -0.496 e. The number of aryl methyl sites for hydroxylation is 1. The molecule has 0 spiro atoms. The second kappa shape index (κ2) is 8.13. The number of amides is 1. The molecule has 0 bridgehead atoms. The van der Waals surface area contributed by atoms with Crippen LogP contribution in [0, 0.1) is 27.2 Å². The first-order chi connectivity index (χ1) is 12.7. The molecule has 10 heteroatoms. The van der Waals surface area contributed by atoms with Gasteiger partial charge in [0.25, 0.3) is 17.3 Å². The van der Waals surface area contributed by atoms with E-state index in [2.05, 4.69) is 5.32 Å². The van der Waals surface area contributed by atoms with E-state index in [0.29, 0.717) is 5.56 Å². The summed E-state index contributed by atoms with van der Waals surface area (Å²) in [6.07, 6.45) is -0.993. The van der Waals surface area contributed by atoms with Gasteiger partial charge in [-0.25, -0.2) is 0 Å². The fraction of sp³-hybridized carbons (Fsp3) is 0.235. The highest BCUT2D eigenvalue weighted by Gasteiger charge is 2.22. The number of rotatable bonds is 7. The maximum atomic E-state index is 12.3. The average Bonchev–Trinajstić information content (AvgIpc) is 2.61. The maximum Gasteiger partial charge on any atom is 0.296 e. The van der Waals surface area contributed by atoms with E-state index >= 15 is 0 Å². The zero-order chi connectivity index (χ0) is 20.1. The normalized spacial score (nSPS) is 11.4. The van der Waals surface area contributed by atoms with Gasteiger partial charge in [0.05, 0.1) is 23.0 Å². The molecule has 1 N–H and O–H groups in total. The Hall–Kier alpha value is -3.69. The summed E-state index contributed by atoms with van der Waals surface area (Å²) in [7, 11) is 1.37. The molecule has 10 nitrogen and oxygen atoms in total. The molecule has 142 valence electrons. The lowest BCUT2D eigenvalue weighted by Gasteiger charge is -2.15. The Kier molecular flexibility index (Phi) is 5.91. The van der Waals surface area contributed by atoms with Crippen LogP contribution in [0.1, 0.15) is 12.5 Å². The fourth-order valence-electron chi connectivity index (χ4n) is 2.29. The summed E-state index contributed by atoms with van der Waals surface area (Å²) >= 11 is 0. The Bertz CT molecular complexity index is 898. The van der Waals surface area contributed by atoms with Crippen molar-refractivity contribution in [2.45, 2.75) is 20.0 Å². The van der Waals surface area contributed by atoms with Crippen LogP contribution in [0.4, 0.5) is 17.1 Å². The molecule has 0 unspecified atom stereocenters. The predicted octanol–water partition coefficient (Wildman–Crippen LogP) is 3.23. The Morgan fingerprint density at radius 1 is 1.04 bits per heavy atom. The molecule has 0 radical (unpaired) electrons. The summed E-state index contributed by atoms with van der Waals surface area (Å²) < 4.78 is 10.4. The lowest BCUT2D eigenvalue weighted by atomic mass is 10.2. The lowest BCUT2D eigenvalue weighted by Crippen LogP contribution is -2.30. The number of nitro groups is 2. The van der Waals surface area contributed by atoms with Gasteiger partial charge < -0.3 is 14.8 Å². The molecule has 2 aromatic rings. The highest BCUT2D eigenvalue weighted by Crippen LogP contribution is 2.29. The summed E-state index contributed by atoms with van der Waals surface area (Å²) in [6.45, 7) is 3.01. The molecule has 0 aliphatic heterocycles. The fourth-order valence-corrected chi connectivity index (χ4v) is 2.29. The van der Waals surface area contributed by atoms with Gasteiger partial charge in [-0.1, -0.05) is 0 Å². The summed E-state index contributed by atoms with van der Waals surface area (Å²) in [5, 5.41) is 24.4. The van der Waals surface area contributed by atoms with Crippen molar-refractivity contribution in [2.24, 2.45) is 0 Å². The number of hydrogen-bond donors (Lipinski definition) is 1. The molecule has 0 fully saturated rings. The van der Waals surface area contributed by atoms with Gasteiger partial charge in [0.1, 0.15) is 17.2 Å². The molecular weight excluding hydrogens is 358 g/mol. The Morgan fingerprint density at radius 3 is 2.22 bits per heavy atom. The monoisotopic (exact) mass is 375 g/mol. The number of anilines is 1. The van der Waals surface area contributed by atoms with E-state index in [1.165, 1.54) is 50.4 Å². The molecule has 2 rings (SSSR count). The van der Waals surface area contributed by atoms with Gasteiger partial charge in [0.15, 0.2) is 6.10 Å². The van der Waals surface area contributed by atoms with Gasteiger partial charge in [-0.2, -0.15) is 0 Å². The third-order valence-corrected chi connectivity index (χ3v) is 3.71. The minimum atomic E-state index is -0.993. The molecule has 0 aliphatic rings. The highest BCUT2D eigenvalue weighted by molar-refractivity contribution is 5.96. The van der Waals surface area contributed by atoms with Crippen LogP contribution in [0.3, 0.4) is 0 Å². The van der Waals surface area contributed by atoms with Crippen molar-refractivity contribution in [3.63, 3.8) is 0 Å². The maximum absolute atomic E-state index is 12.3. The van der Waals surface area contributed by atoms with Gasteiger partial charge in [-0.15, -0.1) is 0 Å². The van der Waals surface area contributed by atoms with E-state index in [9.17, 15) is 25.0 Å². The largest absolute Gasteiger partial charge is 0.496 e. The van der Waals surface area contributed by atoms with Crippen LogP contribution >= 0.6 is 0 Å². The molecular formula is C17H17N3O7. The van der Waals surface area contributed by atoms with Crippen LogP contribution in [-0.2, 0) is 4.79 Å². The number of nitro benzene ring substituents is 2. The number of benzene rings is 2. The SMILES string of the molecule is COc1ccc(NC(=O)[C@H](C)Oc2ccc([N+](=O)[O-])c(C)c2)c([N+](=O)[O-])c1. The molecule has 27 heavy (non-hydrogen) atoms. The molecule has 2 aromatic carbocycles. The van der Waals surface area contributed by atoms with E-state index in [0.717, 1.165) is 0 Å². The van der Waals surface area contributed by atoms with E-state index in [4.69, 9.17) is 9.47 Å². The van der Waals surface area contributed by atoms with Crippen molar-refractivity contribution >= 4 is 23.0 Å². The molecule has 0 heterocycles. The number of hydrogen-bond acceptors (Lipinski definition) is 7. The first kappa shape index (κ1) is 19.6. The van der Waals surface area contributed by atoms with E-state index in [1.54, 1.807) is 6.92 Å². The molecule has 1 atom stereocenters. The number of carbonyl (C=O) groups is 1. The van der Waals surface area contributed by atoms with Crippen LogP contribution in [0.5, 0.6) is 11.5 Å². The van der Waals surface area contributed by atoms with E-state index in [-0.39, 0.29) is 28.6 Å². The Balaban J connectivity index is 2.13. The summed E-state index contributed by atoms with van der Waals surface area (Å²) in [5.74, 6) is -0.0606. The zero-order valence-electron chi connectivity index (χ0n) is 14.8. The molecule has 0 saturated heterocycles. The third-order valence-electron chi connectivity index (χ3n) is 3.71. The molecule has 0 saturated carbocycles. The zero-order valence-corrected chi connectivity index (χ0v) is 14.8. The first-order valence-electron chi connectivity index (χ1n) is 7.78. The third kappa shape index (κ3) is 4.69. The Morgan fingerprint density at radius 2 is 1.67 bits per heavy atom. The summed E-state index contributed by atoms with van der Waals surface area (Å²) in [5.41, 5.74) is 0.00595. The second-order valence-electron chi connectivity index (χ2n) is 5.59. The average molecular weight is 375 g/mol. The quantitative estimate of drug-likeness (QED) is 0.580. The number of methoxy groups -OCH3 is 1. The minimum absolute atomic E-state index is 0.00105. The van der Waals surface area contributed by atoms with Crippen molar-refractivity contribution in [3.05, 3.63) is 62.2 Å². The van der Waals surface area contributed by atoms with Crippen LogP contribution < -0.4 is 14.8 Å². The van der Waals surface area contributed by atoms with Crippen molar-refractivity contribution in [1.29, 1.82) is 0 Å². The van der Waals surface area contributed by atoms with Gasteiger partial charge in [-0.05, 0) is 38.1 Å². The summed E-state index contributed by atoms with van der Waals surface area (Å²) in [6, 6.07) is 8.14. The number of carbonyl (C=O) groups excluding carboxylic acids is 1. The number of nitrogens with zero attached hydrogens (tertiary/aromatic N) is 2. The molecule has 0 aromatic heterocycles. The van der Waals surface area contributed by atoms with Crippen LogP contribution in [0.15, 0.2) is 36.4 Å². The smallest absolute Gasteiger partial charge is 0.296 e. The van der Waals surface area contributed by atoms with Crippen molar-refractivity contribution in [3.8, 4) is 11.5 Å². The van der Waals surface area contributed by atoms with Crippen molar-refractivity contribution in [2.75, 3.05) is 12.4 Å². The Labute approximate surface area is 154 Å². The van der Waals surface area contributed by atoms with Crippen LogP contribution in [0.2, 0.25) is 0 Å². The van der Waals surface area contributed by atoms with Gasteiger partial charge in [-0.3, -0.25) is 25.0 Å². The summed E-state index contributed by atoms with van der Waals surface area (Å²) in [4.78, 5) is 33.2. The van der Waals surface area contributed by atoms with E-state index < -0.39 is 21.9 Å². The highest BCUT2D eigenvalue weighted by atomic mass is 16.6. The molecule has 0 aliphatic carbocycles. The standard InChI is InChI=1S/C17H17N3O7/c1-10-8-13(5-7-15(10)19(22)23)27-11(2)17(21)18-14-6-4-12(26-3)9-16(14)20(24)25/h4-9,11H,1-3H3,(H,18,21)/t11-/m0/s1. The first-order valence-corrected chi connectivity index (χ1v) is 7.78.